The third-order valence-corrected chi connectivity index (χ3v) is 5.37. The zero-order valence-corrected chi connectivity index (χ0v) is 17.9. The number of nitrogens with one attached hydrogen (secondary N) is 1. The lowest BCUT2D eigenvalue weighted by Gasteiger charge is -2.11. The second kappa shape index (κ2) is 7.81. The quantitative estimate of drug-likeness (QED) is 0.430. The van der Waals surface area contributed by atoms with Gasteiger partial charge in [-0.2, -0.15) is 0 Å². The lowest BCUT2D eigenvalue weighted by atomic mass is 10.1. The molecular weight excluding hydrogens is 407 g/mol. The summed E-state index contributed by atoms with van der Waals surface area (Å²) in [7, 11) is 5.41. The Labute approximate surface area is 184 Å². The monoisotopic (exact) mass is 428 g/mol. The Kier molecular flexibility index (Phi) is 4.82. The van der Waals surface area contributed by atoms with Crippen LogP contribution in [0.1, 0.15) is 0 Å². The van der Waals surface area contributed by atoms with Crippen LogP contribution in [0, 0.1) is 5.82 Å². The van der Waals surface area contributed by atoms with Crippen molar-refractivity contribution in [3.05, 3.63) is 72.7 Å². The number of aryl methyl sites for hydroxylation is 2. The summed E-state index contributed by atoms with van der Waals surface area (Å²) in [5.74, 6) is 1.19. The topological polar surface area (TPSA) is 69.8 Å². The summed E-state index contributed by atoms with van der Waals surface area (Å²) >= 11 is 0. The van der Waals surface area contributed by atoms with Gasteiger partial charge in [0, 0.05) is 37.0 Å². The van der Waals surface area contributed by atoms with E-state index in [9.17, 15) is 4.39 Å². The number of hydrogen-bond donors (Lipinski definition) is 1. The van der Waals surface area contributed by atoms with Crippen molar-refractivity contribution in [2.24, 2.45) is 14.1 Å². The molecule has 0 amide bonds. The molecule has 0 unspecified atom stereocenters. The summed E-state index contributed by atoms with van der Waals surface area (Å²) in [6.07, 6.45) is 1.84. The van der Waals surface area contributed by atoms with Crippen LogP contribution in [0.3, 0.4) is 0 Å². The van der Waals surface area contributed by atoms with E-state index in [2.05, 4.69) is 15.6 Å². The van der Waals surface area contributed by atoms with E-state index in [1.807, 2.05) is 61.3 Å². The summed E-state index contributed by atoms with van der Waals surface area (Å²) < 4.78 is 22.6. The molecule has 1 N–H and O–H groups in total. The molecule has 5 aromatic rings. The molecule has 7 nitrogen and oxygen atoms in total. The van der Waals surface area contributed by atoms with Crippen molar-refractivity contribution in [2.45, 2.75) is 0 Å². The first-order chi connectivity index (χ1) is 15.5. The van der Waals surface area contributed by atoms with Crippen molar-refractivity contribution >= 4 is 22.4 Å². The van der Waals surface area contributed by atoms with Crippen LogP contribution >= 0.6 is 0 Å². The van der Waals surface area contributed by atoms with Crippen LogP contribution in [0.5, 0.6) is 5.75 Å². The molecule has 160 valence electrons. The minimum Gasteiger partial charge on any atom is -0.496 e. The first-order valence-corrected chi connectivity index (χ1v) is 10.1. The molecule has 32 heavy (non-hydrogen) atoms. The maximum absolute atomic E-state index is 13.4. The van der Waals surface area contributed by atoms with Gasteiger partial charge in [-0.3, -0.25) is 4.68 Å². The predicted molar refractivity (Wildman–Crippen MR) is 122 cm³/mol. The zero-order valence-electron chi connectivity index (χ0n) is 17.9. The van der Waals surface area contributed by atoms with Gasteiger partial charge in [0.2, 0.25) is 0 Å². The number of imidazole rings is 1. The fraction of sp³-hybridized carbons (Fsp3) is 0.125. The third kappa shape index (κ3) is 3.45. The van der Waals surface area contributed by atoms with Crippen LogP contribution in [-0.4, -0.2) is 31.7 Å². The highest BCUT2D eigenvalue weighted by Crippen LogP contribution is 2.34. The van der Waals surface area contributed by atoms with E-state index in [1.54, 1.807) is 23.9 Å². The van der Waals surface area contributed by atoms with Gasteiger partial charge < -0.3 is 14.6 Å². The summed E-state index contributed by atoms with van der Waals surface area (Å²) in [5, 5.41) is 11.6. The smallest absolute Gasteiger partial charge is 0.140 e. The Morgan fingerprint density at radius 1 is 1.00 bits per heavy atom. The fourth-order valence-corrected chi connectivity index (χ4v) is 3.78. The SMILES string of the molecule is COc1cc(Nc2cccc3c2nc(-c2ccc(F)cc2)n3C)ccc1-c1cn(C)nn1. The number of anilines is 2. The Hall–Kier alpha value is -4.20. The molecule has 2 heterocycles. The predicted octanol–water partition coefficient (Wildman–Crippen LogP) is 4.93. The molecule has 3 aromatic carbocycles. The number of hydrogen-bond acceptors (Lipinski definition) is 5. The molecule has 0 atom stereocenters. The molecule has 0 saturated carbocycles. The van der Waals surface area contributed by atoms with Gasteiger partial charge in [0.1, 0.15) is 28.6 Å². The molecule has 0 spiro atoms. The molecule has 0 fully saturated rings. The Morgan fingerprint density at radius 2 is 1.81 bits per heavy atom. The van der Waals surface area contributed by atoms with Crippen molar-refractivity contribution in [3.63, 3.8) is 0 Å². The van der Waals surface area contributed by atoms with Gasteiger partial charge in [-0.1, -0.05) is 11.3 Å². The lowest BCUT2D eigenvalue weighted by molar-refractivity contribution is 0.416. The standard InChI is InChI=1S/C24H21FN6O/c1-30-14-20(28-29-30)18-12-11-17(13-22(18)32-3)26-19-5-4-6-21-23(19)27-24(31(21)2)15-7-9-16(25)10-8-15/h4-14,26H,1-3H3. The maximum Gasteiger partial charge on any atom is 0.140 e. The molecular formula is C24H21FN6O. The van der Waals surface area contributed by atoms with Crippen molar-refractivity contribution in [2.75, 3.05) is 12.4 Å². The van der Waals surface area contributed by atoms with Crippen molar-refractivity contribution in [1.82, 2.24) is 24.5 Å². The van der Waals surface area contributed by atoms with E-state index in [-0.39, 0.29) is 5.82 Å². The van der Waals surface area contributed by atoms with Gasteiger partial charge in [-0.05, 0) is 48.5 Å². The van der Waals surface area contributed by atoms with Crippen LogP contribution in [0.25, 0.3) is 33.7 Å². The third-order valence-electron chi connectivity index (χ3n) is 5.37. The van der Waals surface area contributed by atoms with Crippen LogP contribution in [0.4, 0.5) is 15.8 Å². The first kappa shape index (κ1) is 19.7. The number of nitrogens with zero attached hydrogens (tertiary/aromatic N) is 5. The number of halogens is 1. The number of para-hydroxylation sites is 1. The van der Waals surface area contributed by atoms with Crippen LogP contribution in [0.2, 0.25) is 0 Å². The van der Waals surface area contributed by atoms with E-state index in [0.717, 1.165) is 45.1 Å². The van der Waals surface area contributed by atoms with Crippen molar-refractivity contribution in [3.8, 4) is 28.4 Å². The molecule has 5 rings (SSSR count). The average molecular weight is 428 g/mol. The van der Waals surface area contributed by atoms with Crippen LogP contribution < -0.4 is 10.1 Å². The second-order valence-electron chi connectivity index (χ2n) is 7.49. The van der Waals surface area contributed by atoms with Crippen molar-refractivity contribution < 1.29 is 9.13 Å². The first-order valence-electron chi connectivity index (χ1n) is 10.1. The maximum atomic E-state index is 13.4. The van der Waals surface area contributed by atoms with Gasteiger partial charge in [-0.25, -0.2) is 9.37 Å². The highest BCUT2D eigenvalue weighted by molar-refractivity contribution is 5.93. The molecule has 0 radical (unpaired) electrons. The Bertz CT molecular complexity index is 1420. The fourth-order valence-electron chi connectivity index (χ4n) is 3.78. The van der Waals surface area contributed by atoms with Gasteiger partial charge in [0.25, 0.3) is 0 Å². The van der Waals surface area contributed by atoms with Gasteiger partial charge in [0.05, 0.1) is 24.5 Å². The van der Waals surface area contributed by atoms with E-state index in [4.69, 9.17) is 9.72 Å². The summed E-state index contributed by atoms with van der Waals surface area (Å²) in [5.41, 5.74) is 5.97. The lowest BCUT2D eigenvalue weighted by Crippen LogP contribution is -1.95. The number of methoxy groups -OCH3 is 1. The molecule has 0 saturated heterocycles. The average Bonchev–Trinajstić information content (AvgIpc) is 3.38. The Balaban J connectivity index is 1.53. The normalized spacial score (nSPS) is 11.1. The number of benzene rings is 3. The van der Waals surface area contributed by atoms with E-state index < -0.39 is 0 Å². The molecule has 0 bridgehead atoms. The summed E-state index contributed by atoms with van der Waals surface area (Å²) in [4.78, 5) is 4.84. The van der Waals surface area contributed by atoms with Gasteiger partial charge in [0.15, 0.2) is 0 Å². The zero-order chi connectivity index (χ0) is 22.2. The van der Waals surface area contributed by atoms with Gasteiger partial charge >= 0.3 is 0 Å². The van der Waals surface area contributed by atoms with Gasteiger partial charge in [-0.15, -0.1) is 5.10 Å². The van der Waals surface area contributed by atoms with Crippen molar-refractivity contribution in [1.29, 1.82) is 0 Å². The molecule has 0 aliphatic carbocycles. The largest absolute Gasteiger partial charge is 0.496 e. The van der Waals surface area contributed by atoms with Crippen LogP contribution in [0.15, 0.2) is 66.9 Å². The minimum absolute atomic E-state index is 0.270. The highest BCUT2D eigenvalue weighted by Gasteiger charge is 2.15. The molecule has 0 aliphatic rings. The second-order valence-corrected chi connectivity index (χ2v) is 7.49. The number of fused-ring (bicyclic) bond motifs is 1. The van der Waals surface area contributed by atoms with E-state index >= 15 is 0 Å². The molecule has 2 aromatic heterocycles. The summed E-state index contributed by atoms with van der Waals surface area (Å²) in [6, 6.07) is 18.2. The number of ether oxygens (including phenoxy) is 1. The van der Waals surface area contributed by atoms with E-state index in [0.29, 0.717) is 5.75 Å². The van der Waals surface area contributed by atoms with E-state index in [1.165, 1.54) is 12.1 Å². The molecule has 0 aliphatic heterocycles. The number of rotatable bonds is 5. The Morgan fingerprint density at radius 3 is 2.53 bits per heavy atom. The summed E-state index contributed by atoms with van der Waals surface area (Å²) in [6.45, 7) is 0. The minimum atomic E-state index is -0.270. The highest BCUT2D eigenvalue weighted by atomic mass is 19.1. The molecule has 8 heteroatoms. The van der Waals surface area contributed by atoms with Crippen LogP contribution in [-0.2, 0) is 14.1 Å². The number of aromatic nitrogens is 5.